The fourth-order valence-corrected chi connectivity index (χ4v) is 4.36. The predicted molar refractivity (Wildman–Crippen MR) is 120 cm³/mol. The number of aromatic nitrogens is 1. The van der Waals surface area contributed by atoms with Gasteiger partial charge in [-0.25, -0.2) is 0 Å². The minimum absolute atomic E-state index is 0.0886. The highest BCUT2D eigenvalue weighted by Gasteiger charge is 2.34. The van der Waals surface area contributed by atoms with Crippen molar-refractivity contribution in [1.29, 1.82) is 0 Å². The van der Waals surface area contributed by atoms with E-state index in [0.29, 0.717) is 26.3 Å². The minimum Gasteiger partial charge on any atom is -0.381 e. The Kier molecular flexibility index (Phi) is 8.02. The molecule has 3 heterocycles. The number of rotatable bonds is 6. The summed E-state index contributed by atoms with van der Waals surface area (Å²) in [5, 5.41) is 0. The molecule has 0 N–H and O–H groups in total. The smallest absolute Gasteiger partial charge is 0.381 e. The first-order valence-electron chi connectivity index (χ1n) is 11.6. The van der Waals surface area contributed by atoms with Gasteiger partial charge in [0, 0.05) is 50.8 Å². The van der Waals surface area contributed by atoms with Crippen LogP contribution in [0.2, 0.25) is 0 Å². The first-order valence-corrected chi connectivity index (χ1v) is 11.6. The summed E-state index contributed by atoms with van der Waals surface area (Å²) in [4.78, 5) is 33.4. The second kappa shape index (κ2) is 11.2. The number of alkyl halides is 3. The largest absolute Gasteiger partial charge is 0.416 e. The van der Waals surface area contributed by atoms with Crippen LogP contribution in [0.25, 0.3) is 0 Å². The number of hydrogen-bond donors (Lipinski definition) is 0. The summed E-state index contributed by atoms with van der Waals surface area (Å²) in [6.45, 7) is 2.23. The molecule has 35 heavy (non-hydrogen) atoms. The van der Waals surface area contributed by atoms with Crippen molar-refractivity contribution in [3.05, 3.63) is 65.5 Å². The van der Waals surface area contributed by atoms with Gasteiger partial charge in [0.15, 0.2) is 0 Å². The normalized spacial score (nSPS) is 20.1. The number of carbonyl (C=O) groups is 2. The molecule has 2 saturated heterocycles. The molecule has 188 valence electrons. The quantitative estimate of drug-likeness (QED) is 0.620. The van der Waals surface area contributed by atoms with Crippen molar-refractivity contribution in [1.82, 2.24) is 14.8 Å². The number of hydrogen-bond acceptors (Lipinski definition) is 5. The van der Waals surface area contributed by atoms with Crippen LogP contribution in [0, 0.1) is 5.92 Å². The number of halogens is 3. The van der Waals surface area contributed by atoms with Gasteiger partial charge >= 0.3 is 6.18 Å². The second-order valence-electron chi connectivity index (χ2n) is 8.91. The molecule has 2 fully saturated rings. The van der Waals surface area contributed by atoms with E-state index in [0.717, 1.165) is 30.5 Å². The van der Waals surface area contributed by atoms with Crippen LogP contribution in [-0.2, 0) is 27.1 Å². The van der Waals surface area contributed by atoms with Gasteiger partial charge < -0.3 is 19.3 Å². The van der Waals surface area contributed by atoms with Crippen molar-refractivity contribution in [2.24, 2.45) is 5.92 Å². The number of benzene rings is 1. The van der Waals surface area contributed by atoms with Crippen LogP contribution in [0.1, 0.15) is 34.3 Å². The van der Waals surface area contributed by atoms with E-state index in [9.17, 15) is 22.8 Å². The Morgan fingerprint density at radius 1 is 1.14 bits per heavy atom. The van der Waals surface area contributed by atoms with Crippen molar-refractivity contribution in [2.75, 3.05) is 39.4 Å². The third-order valence-corrected chi connectivity index (χ3v) is 6.28. The van der Waals surface area contributed by atoms with Gasteiger partial charge in [0.1, 0.15) is 6.54 Å². The Hall–Kier alpha value is -2.98. The lowest BCUT2D eigenvalue weighted by molar-refractivity contribution is -0.137. The first-order chi connectivity index (χ1) is 16.8. The van der Waals surface area contributed by atoms with Gasteiger partial charge in [0.25, 0.3) is 5.91 Å². The minimum atomic E-state index is -4.57. The molecular weight excluding hydrogens is 463 g/mol. The number of carbonyl (C=O) groups excluding carboxylic acids is 2. The Morgan fingerprint density at radius 2 is 1.94 bits per heavy atom. The second-order valence-corrected chi connectivity index (χ2v) is 8.91. The van der Waals surface area contributed by atoms with Crippen molar-refractivity contribution in [3.8, 4) is 0 Å². The van der Waals surface area contributed by atoms with Crippen molar-refractivity contribution >= 4 is 11.8 Å². The van der Waals surface area contributed by atoms with E-state index < -0.39 is 23.8 Å². The van der Waals surface area contributed by atoms with Gasteiger partial charge in [-0.3, -0.25) is 14.6 Å². The SMILES string of the molecule is O=C1CN(C(=O)c2cccc(C(F)(F)F)c2)C[C@@H](OCc2cccnc2)CN1CC1CCOCC1. The molecule has 1 aromatic carbocycles. The maximum absolute atomic E-state index is 13.2. The molecule has 10 heteroatoms. The van der Waals surface area contributed by atoms with E-state index in [2.05, 4.69) is 4.98 Å². The molecule has 0 spiro atoms. The Labute approximate surface area is 201 Å². The summed E-state index contributed by atoms with van der Waals surface area (Å²) >= 11 is 0. The van der Waals surface area contributed by atoms with Gasteiger partial charge in [-0.05, 0) is 48.6 Å². The lowest BCUT2D eigenvalue weighted by atomic mass is 9.99. The van der Waals surface area contributed by atoms with Crippen molar-refractivity contribution in [3.63, 3.8) is 0 Å². The molecule has 1 atom stereocenters. The molecule has 2 aliphatic heterocycles. The fraction of sp³-hybridized carbons (Fsp3) is 0.480. The molecular formula is C25H28F3N3O4. The maximum atomic E-state index is 13.2. The van der Waals surface area contributed by atoms with Crippen LogP contribution in [0.3, 0.4) is 0 Å². The summed E-state index contributed by atoms with van der Waals surface area (Å²) in [5.74, 6) is -0.589. The zero-order valence-electron chi connectivity index (χ0n) is 19.2. The van der Waals surface area contributed by atoms with Crippen molar-refractivity contribution < 1.29 is 32.2 Å². The van der Waals surface area contributed by atoms with Crippen LogP contribution in [-0.4, -0.2) is 72.1 Å². The Balaban J connectivity index is 1.52. The molecule has 4 rings (SSSR count). The molecule has 2 aliphatic rings. The Bertz CT molecular complexity index is 1010. The zero-order chi connectivity index (χ0) is 24.8. The van der Waals surface area contributed by atoms with Crippen LogP contribution in [0.4, 0.5) is 13.2 Å². The molecule has 2 aromatic rings. The highest BCUT2D eigenvalue weighted by molar-refractivity contribution is 5.97. The topological polar surface area (TPSA) is 72.0 Å². The molecule has 2 amide bonds. The average molecular weight is 492 g/mol. The van der Waals surface area contributed by atoms with E-state index in [1.54, 1.807) is 23.4 Å². The highest BCUT2D eigenvalue weighted by atomic mass is 19.4. The van der Waals surface area contributed by atoms with Gasteiger partial charge in [0.05, 0.1) is 18.3 Å². The zero-order valence-corrected chi connectivity index (χ0v) is 19.2. The van der Waals surface area contributed by atoms with E-state index in [1.807, 2.05) is 6.07 Å². The molecule has 0 aliphatic carbocycles. The molecule has 0 bridgehead atoms. The summed E-state index contributed by atoms with van der Waals surface area (Å²) in [7, 11) is 0. The van der Waals surface area contributed by atoms with E-state index >= 15 is 0 Å². The molecule has 7 nitrogen and oxygen atoms in total. The van der Waals surface area contributed by atoms with E-state index in [-0.39, 0.29) is 37.1 Å². The maximum Gasteiger partial charge on any atom is 0.416 e. The molecule has 0 radical (unpaired) electrons. The molecule has 1 aromatic heterocycles. The number of nitrogens with zero attached hydrogens (tertiary/aromatic N) is 3. The monoisotopic (exact) mass is 491 g/mol. The van der Waals surface area contributed by atoms with Gasteiger partial charge in [-0.1, -0.05) is 12.1 Å². The van der Waals surface area contributed by atoms with Gasteiger partial charge in [-0.2, -0.15) is 13.2 Å². The van der Waals surface area contributed by atoms with Crippen LogP contribution < -0.4 is 0 Å². The van der Waals surface area contributed by atoms with Crippen LogP contribution in [0.5, 0.6) is 0 Å². The Morgan fingerprint density at radius 3 is 2.66 bits per heavy atom. The van der Waals surface area contributed by atoms with Crippen molar-refractivity contribution in [2.45, 2.75) is 31.7 Å². The number of amides is 2. The average Bonchev–Trinajstić information content (AvgIpc) is 3.01. The lowest BCUT2D eigenvalue weighted by Crippen LogP contribution is -2.42. The summed E-state index contributed by atoms with van der Waals surface area (Å²) in [6, 6.07) is 7.92. The third kappa shape index (κ3) is 6.79. The fourth-order valence-electron chi connectivity index (χ4n) is 4.36. The first kappa shape index (κ1) is 25.1. The number of ether oxygens (including phenoxy) is 2. The summed E-state index contributed by atoms with van der Waals surface area (Å²) in [5.41, 5.74) is -0.179. The van der Waals surface area contributed by atoms with Gasteiger partial charge in [0.2, 0.25) is 5.91 Å². The van der Waals surface area contributed by atoms with Gasteiger partial charge in [-0.15, -0.1) is 0 Å². The lowest BCUT2D eigenvalue weighted by Gasteiger charge is -2.30. The summed E-state index contributed by atoms with van der Waals surface area (Å²) in [6.07, 6.45) is -0.0564. The number of pyridine rings is 1. The molecule has 0 saturated carbocycles. The molecule has 0 unspecified atom stereocenters. The third-order valence-electron chi connectivity index (χ3n) is 6.28. The standard InChI is InChI=1S/C25H28F3N3O4/c26-25(27,28)21-5-1-4-20(11-21)24(33)31-15-22(35-17-19-3-2-8-29-12-19)14-30(23(32)16-31)13-18-6-9-34-10-7-18/h1-5,8,11-12,18,22H,6-7,9-10,13-17H2/t22-/m0/s1. The van der Waals surface area contributed by atoms with Crippen LogP contribution >= 0.6 is 0 Å². The predicted octanol–water partition coefficient (Wildman–Crippen LogP) is 3.40. The summed E-state index contributed by atoms with van der Waals surface area (Å²) < 4.78 is 51.0. The highest BCUT2D eigenvalue weighted by Crippen LogP contribution is 2.30. The van der Waals surface area contributed by atoms with E-state index in [1.165, 1.54) is 17.0 Å². The van der Waals surface area contributed by atoms with E-state index in [4.69, 9.17) is 9.47 Å². The van der Waals surface area contributed by atoms with Crippen LogP contribution in [0.15, 0.2) is 48.8 Å².